The molecule has 1 unspecified atom stereocenters. The summed E-state index contributed by atoms with van der Waals surface area (Å²) in [5, 5.41) is 10.3. The second kappa shape index (κ2) is 9.97. The zero-order chi connectivity index (χ0) is 23.7. The van der Waals surface area contributed by atoms with Crippen LogP contribution in [0.25, 0.3) is 17.0 Å². The lowest BCUT2D eigenvalue weighted by Crippen LogP contribution is -2.48. The van der Waals surface area contributed by atoms with E-state index in [1.54, 1.807) is 22.6 Å². The number of amides is 1. The van der Waals surface area contributed by atoms with Crippen LogP contribution in [0.5, 0.6) is 0 Å². The van der Waals surface area contributed by atoms with E-state index in [-0.39, 0.29) is 24.1 Å². The van der Waals surface area contributed by atoms with Crippen LogP contribution in [0.4, 0.5) is 5.69 Å². The van der Waals surface area contributed by atoms with Crippen molar-refractivity contribution in [2.75, 3.05) is 44.2 Å². The molecule has 0 spiro atoms. The maximum absolute atomic E-state index is 13.5. The number of aliphatic hydroxyl groups excluding tert-OH is 1. The molecule has 2 aromatic rings. The van der Waals surface area contributed by atoms with Gasteiger partial charge in [-0.3, -0.25) is 19.4 Å². The molecular weight excluding hydrogens is 456 g/mol. The number of nitrogens with zero attached hydrogens (tertiary/aromatic N) is 4. The molecule has 0 radical (unpaired) electrons. The number of rotatable bonds is 6. The molecule has 1 aromatic heterocycles. The molecule has 1 N–H and O–H groups in total. The molecule has 1 atom stereocenters. The Morgan fingerprint density at radius 3 is 2.55 bits per heavy atom. The summed E-state index contributed by atoms with van der Waals surface area (Å²) in [6, 6.07) is 7.91. The number of β-amino-alcohol motifs (C(OH)–C–C–N with tert-alkyl or cyclic N) is 1. The van der Waals surface area contributed by atoms with Gasteiger partial charge in [-0.25, -0.2) is 0 Å². The van der Waals surface area contributed by atoms with Crippen LogP contribution >= 0.6 is 24.0 Å². The molecule has 2 saturated heterocycles. The Labute approximate surface area is 203 Å². The number of hydrogen-bond acceptors (Lipinski definition) is 7. The number of aliphatic hydroxyl groups is 1. The van der Waals surface area contributed by atoms with Gasteiger partial charge >= 0.3 is 0 Å². The number of hydrogen-bond donors (Lipinski definition) is 1. The van der Waals surface area contributed by atoms with E-state index in [2.05, 4.69) is 9.80 Å². The van der Waals surface area contributed by atoms with Crippen LogP contribution in [0, 0.1) is 0 Å². The first kappa shape index (κ1) is 23.9. The Bertz CT molecular complexity index is 1170. The highest BCUT2D eigenvalue weighted by Gasteiger charge is 2.35. The lowest BCUT2D eigenvalue weighted by molar-refractivity contribution is -0.123. The summed E-state index contributed by atoms with van der Waals surface area (Å²) < 4.78 is 2.19. The minimum atomic E-state index is -0.131. The normalized spacial score (nSPS) is 19.8. The third kappa shape index (κ3) is 4.47. The summed E-state index contributed by atoms with van der Waals surface area (Å²) in [5.41, 5.74) is 2.12. The zero-order valence-corrected chi connectivity index (χ0v) is 20.9. The summed E-state index contributed by atoms with van der Waals surface area (Å²) in [4.78, 5) is 33.3. The van der Waals surface area contributed by atoms with E-state index in [4.69, 9.17) is 12.2 Å². The number of anilines is 1. The number of pyridine rings is 1. The van der Waals surface area contributed by atoms with Gasteiger partial charge in [-0.1, -0.05) is 49.1 Å². The second-order valence-corrected chi connectivity index (χ2v) is 10.2. The van der Waals surface area contributed by atoms with Gasteiger partial charge in [0.1, 0.15) is 4.32 Å². The van der Waals surface area contributed by atoms with Gasteiger partial charge in [0.15, 0.2) is 0 Å². The quantitative estimate of drug-likeness (QED) is 0.497. The Morgan fingerprint density at radius 1 is 1.18 bits per heavy atom. The molecule has 9 heteroatoms. The van der Waals surface area contributed by atoms with Gasteiger partial charge in [0.2, 0.25) is 0 Å². The van der Waals surface area contributed by atoms with Crippen molar-refractivity contribution in [2.24, 2.45) is 7.05 Å². The first-order chi connectivity index (χ1) is 15.9. The number of aromatic nitrogens is 1. The van der Waals surface area contributed by atoms with Crippen molar-refractivity contribution >= 4 is 56.9 Å². The van der Waals surface area contributed by atoms with Crippen LogP contribution in [0.3, 0.4) is 0 Å². The standard InChI is InChI=1S/C24H30N4O3S2/c1-4-16(2)28-23(31)20(33-24(28)32)15-18-21(27-11-9-26(10-12-27)13-14-29)17-7-5-6-8-19(17)25(3)22(18)30/h5-8,15-16,29H,4,9-14H2,1-3H3. The summed E-state index contributed by atoms with van der Waals surface area (Å²) in [5.74, 6) is -0.131. The predicted molar refractivity (Wildman–Crippen MR) is 140 cm³/mol. The molecule has 7 nitrogen and oxygen atoms in total. The Kier molecular flexibility index (Phi) is 7.23. The largest absolute Gasteiger partial charge is 0.395 e. The topological polar surface area (TPSA) is 69.0 Å². The van der Waals surface area contributed by atoms with E-state index < -0.39 is 0 Å². The molecule has 33 heavy (non-hydrogen) atoms. The number of piperazine rings is 1. The van der Waals surface area contributed by atoms with Crippen molar-refractivity contribution in [2.45, 2.75) is 26.3 Å². The van der Waals surface area contributed by atoms with Gasteiger partial charge < -0.3 is 14.6 Å². The van der Waals surface area contributed by atoms with Crippen LogP contribution in [0.2, 0.25) is 0 Å². The monoisotopic (exact) mass is 486 g/mol. The molecule has 176 valence electrons. The molecule has 2 fully saturated rings. The number of carbonyl (C=O) groups excluding carboxylic acids is 1. The second-order valence-electron chi connectivity index (χ2n) is 8.50. The number of carbonyl (C=O) groups is 1. The van der Waals surface area contributed by atoms with Gasteiger partial charge in [0.05, 0.1) is 28.3 Å². The third-order valence-electron chi connectivity index (χ3n) is 6.55. The molecule has 2 aliphatic rings. The predicted octanol–water partition coefficient (Wildman–Crippen LogP) is 2.65. The average molecular weight is 487 g/mol. The highest BCUT2D eigenvalue weighted by atomic mass is 32.2. The SMILES string of the molecule is CCC(C)N1C(=O)C(=Cc2c(N3CCN(CCO)CC3)c3ccccc3n(C)c2=O)SC1=S. The fraction of sp³-hybridized carbons (Fsp3) is 0.458. The number of para-hydroxylation sites is 1. The highest BCUT2D eigenvalue weighted by Crippen LogP contribution is 2.37. The van der Waals surface area contributed by atoms with E-state index in [1.165, 1.54) is 11.8 Å². The average Bonchev–Trinajstić information content (AvgIpc) is 3.10. The van der Waals surface area contributed by atoms with Gasteiger partial charge in [-0.15, -0.1) is 0 Å². The number of thioether (sulfide) groups is 1. The van der Waals surface area contributed by atoms with E-state index in [0.717, 1.165) is 49.2 Å². The Morgan fingerprint density at radius 2 is 1.88 bits per heavy atom. The molecule has 3 heterocycles. The zero-order valence-electron chi connectivity index (χ0n) is 19.3. The first-order valence-corrected chi connectivity index (χ1v) is 12.6. The van der Waals surface area contributed by atoms with E-state index >= 15 is 0 Å². The van der Waals surface area contributed by atoms with Crippen molar-refractivity contribution < 1.29 is 9.90 Å². The van der Waals surface area contributed by atoms with E-state index in [0.29, 0.717) is 21.3 Å². The molecule has 1 aromatic carbocycles. The summed E-state index contributed by atoms with van der Waals surface area (Å²) in [6.45, 7) is 7.89. The van der Waals surface area contributed by atoms with Crippen molar-refractivity contribution in [1.82, 2.24) is 14.4 Å². The van der Waals surface area contributed by atoms with Crippen LogP contribution in [-0.4, -0.2) is 75.1 Å². The molecule has 0 saturated carbocycles. The highest BCUT2D eigenvalue weighted by molar-refractivity contribution is 8.26. The molecule has 2 aliphatic heterocycles. The van der Waals surface area contributed by atoms with Gasteiger partial charge in [-0.2, -0.15) is 0 Å². The molecular formula is C24H30N4O3S2. The summed E-state index contributed by atoms with van der Waals surface area (Å²) in [6.07, 6.45) is 2.55. The fourth-order valence-corrected chi connectivity index (χ4v) is 5.93. The fourth-order valence-electron chi connectivity index (χ4n) is 4.48. The molecule has 4 rings (SSSR count). The minimum absolute atomic E-state index is 0.0157. The Hall–Kier alpha value is -2.20. The van der Waals surface area contributed by atoms with E-state index in [9.17, 15) is 14.7 Å². The van der Waals surface area contributed by atoms with Gasteiger partial charge in [-0.05, 0) is 25.5 Å². The third-order valence-corrected chi connectivity index (χ3v) is 7.88. The van der Waals surface area contributed by atoms with Crippen LogP contribution in [-0.2, 0) is 11.8 Å². The Balaban J connectivity index is 1.83. The van der Waals surface area contributed by atoms with Gasteiger partial charge in [0, 0.05) is 51.2 Å². The number of thiocarbonyl (C=S) groups is 1. The van der Waals surface area contributed by atoms with Crippen LogP contribution < -0.4 is 10.5 Å². The summed E-state index contributed by atoms with van der Waals surface area (Å²) >= 11 is 6.76. The summed E-state index contributed by atoms with van der Waals surface area (Å²) in [7, 11) is 1.77. The first-order valence-electron chi connectivity index (χ1n) is 11.3. The van der Waals surface area contributed by atoms with Gasteiger partial charge in [0.25, 0.3) is 11.5 Å². The van der Waals surface area contributed by atoms with Crippen LogP contribution in [0.1, 0.15) is 25.8 Å². The number of fused-ring (bicyclic) bond motifs is 1. The number of aryl methyl sites for hydroxylation is 1. The van der Waals surface area contributed by atoms with Crippen molar-refractivity contribution in [3.8, 4) is 0 Å². The molecule has 0 aliphatic carbocycles. The van der Waals surface area contributed by atoms with Crippen molar-refractivity contribution in [1.29, 1.82) is 0 Å². The maximum atomic E-state index is 13.5. The maximum Gasteiger partial charge on any atom is 0.266 e. The van der Waals surface area contributed by atoms with E-state index in [1.807, 2.05) is 38.1 Å². The minimum Gasteiger partial charge on any atom is -0.395 e. The van der Waals surface area contributed by atoms with Crippen LogP contribution in [0.15, 0.2) is 34.0 Å². The van der Waals surface area contributed by atoms with Crippen molar-refractivity contribution in [3.63, 3.8) is 0 Å². The lowest BCUT2D eigenvalue weighted by atomic mass is 10.1. The lowest BCUT2D eigenvalue weighted by Gasteiger charge is -2.37. The van der Waals surface area contributed by atoms with Crippen molar-refractivity contribution in [3.05, 3.63) is 45.1 Å². The smallest absolute Gasteiger partial charge is 0.266 e. The molecule has 1 amide bonds. The number of benzene rings is 1. The molecule has 0 bridgehead atoms.